The van der Waals surface area contributed by atoms with E-state index in [1.165, 1.54) is 0 Å². The van der Waals surface area contributed by atoms with Gasteiger partial charge in [-0.15, -0.1) is 11.3 Å². The third-order valence-electron chi connectivity index (χ3n) is 2.78. The molecular weight excluding hydrogens is 351 g/mol. The number of amides is 1. The summed E-state index contributed by atoms with van der Waals surface area (Å²) in [6, 6.07) is 1.87. The van der Waals surface area contributed by atoms with Crippen molar-refractivity contribution in [3.8, 4) is 0 Å². The molecule has 0 saturated carbocycles. The van der Waals surface area contributed by atoms with E-state index in [9.17, 15) is 4.79 Å². The normalized spacial score (nSPS) is 22.5. The molecule has 0 aliphatic carbocycles. The van der Waals surface area contributed by atoms with Crippen molar-refractivity contribution in [1.82, 2.24) is 4.90 Å². The number of ether oxygens (including phenoxy) is 1. The van der Waals surface area contributed by atoms with Crippen LogP contribution in [0, 0.1) is 2.88 Å². The minimum atomic E-state index is -0.0505. The fourth-order valence-corrected chi connectivity index (χ4v) is 3.10. The van der Waals surface area contributed by atoms with E-state index >= 15 is 0 Å². The summed E-state index contributed by atoms with van der Waals surface area (Å²) in [7, 11) is 0. The number of thiophene rings is 1. The second-order valence-corrected chi connectivity index (χ2v) is 6.96. The lowest BCUT2D eigenvalue weighted by molar-refractivity contribution is -0.0299. The molecule has 94 valence electrons. The zero-order valence-electron chi connectivity index (χ0n) is 9.56. The van der Waals surface area contributed by atoms with Gasteiger partial charge in [-0.25, -0.2) is 0 Å². The molecule has 2 N–H and O–H groups in total. The van der Waals surface area contributed by atoms with Crippen LogP contribution in [0.25, 0.3) is 0 Å². The number of halogens is 1. The number of hydrogen-bond donors (Lipinski definition) is 1. The van der Waals surface area contributed by atoms with E-state index < -0.39 is 0 Å². The van der Waals surface area contributed by atoms with Crippen LogP contribution in [0.5, 0.6) is 0 Å². The third-order valence-corrected chi connectivity index (χ3v) is 4.57. The highest BCUT2D eigenvalue weighted by atomic mass is 127. The molecular formula is C11H15IN2O2S. The van der Waals surface area contributed by atoms with Gasteiger partial charge in [-0.05, 0) is 35.6 Å². The highest BCUT2D eigenvalue weighted by Crippen LogP contribution is 2.19. The minimum absolute atomic E-state index is 0.0480. The van der Waals surface area contributed by atoms with E-state index in [1.54, 1.807) is 11.3 Å². The summed E-state index contributed by atoms with van der Waals surface area (Å²) < 4.78 is 6.67. The van der Waals surface area contributed by atoms with Crippen LogP contribution in [-0.4, -0.2) is 42.6 Å². The van der Waals surface area contributed by atoms with E-state index in [4.69, 9.17) is 10.5 Å². The first-order valence-corrected chi connectivity index (χ1v) is 7.44. The van der Waals surface area contributed by atoms with Crippen LogP contribution < -0.4 is 5.73 Å². The summed E-state index contributed by atoms with van der Waals surface area (Å²) in [6.07, 6.45) is -0.0505. The van der Waals surface area contributed by atoms with Gasteiger partial charge in [0.1, 0.15) is 0 Å². The molecule has 2 rings (SSSR count). The van der Waals surface area contributed by atoms with Crippen molar-refractivity contribution < 1.29 is 9.53 Å². The molecule has 1 aliphatic rings. The van der Waals surface area contributed by atoms with Crippen LogP contribution in [0.15, 0.2) is 11.4 Å². The molecule has 1 fully saturated rings. The van der Waals surface area contributed by atoms with Gasteiger partial charge in [0, 0.05) is 24.5 Å². The average Bonchev–Trinajstić information content (AvgIpc) is 2.75. The molecule has 1 aromatic rings. The maximum atomic E-state index is 12.2. The maximum Gasteiger partial charge on any atom is 0.254 e. The molecule has 1 saturated heterocycles. The molecule has 1 amide bonds. The molecule has 2 heterocycles. The summed E-state index contributed by atoms with van der Waals surface area (Å²) in [5.41, 5.74) is 6.58. The Kier molecular flexibility index (Phi) is 4.40. The molecule has 0 radical (unpaired) electrons. The molecule has 6 heteroatoms. The number of nitrogens with two attached hydrogens (primary N) is 1. The van der Waals surface area contributed by atoms with Gasteiger partial charge < -0.3 is 15.4 Å². The van der Waals surface area contributed by atoms with Gasteiger partial charge in [-0.2, -0.15) is 0 Å². The van der Waals surface area contributed by atoms with Gasteiger partial charge in [0.2, 0.25) is 0 Å². The Morgan fingerprint density at radius 1 is 1.76 bits per heavy atom. The van der Waals surface area contributed by atoms with Gasteiger partial charge in [0.05, 0.1) is 21.2 Å². The highest BCUT2D eigenvalue weighted by molar-refractivity contribution is 14.1. The number of nitrogens with zero attached hydrogens (tertiary/aromatic N) is 1. The standard InChI is InChI=1S/C11H15IN2O2S/c1-7(13)9-5-14(2-3-16-9)11(15)8-4-10(12)17-6-8/h4,6-7,9H,2-3,5,13H2,1H3. The Balaban J connectivity index is 2.04. The Labute approximate surface area is 118 Å². The second-order valence-electron chi connectivity index (χ2n) is 4.16. The molecule has 2 unspecified atom stereocenters. The SMILES string of the molecule is CC(N)C1CN(C(=O)c2csc(I)c2)CCO1. The second kappa shape index (κ2) is 5.64. The Hall–Kier alpha value is -0.180. The quantitative estimate of drug-likeness (QED) is 0.808. The minimum Gasteiger partial charge on any atom is -0.373 e. The molecule has 0 spiro atoms. The zero-order chi connectivity index (χ0) is 12.4. The van der Waals surface area contributed by atoms with Crippen LogP contribution in [-0.2, 0) is 4.74 Å². The fourth-order valence-electron chi connectivity index (χ4n) is 1.78. The van der Waals surface area contributed by atoms with Crippen LogP contribution in [0.3, 0.4) is 0 Å². The van der Waals surface area contributed by atoms with Crippen molar-refractivity contribution in [2.75, 3.05) is 19.7 Å². The molecule has 1 aliphatic heterocycles. The predicted octanol–water partition coefficient (Wildman–Crippen LogP) is 1.54. The number of carbonyl (C=O) groups is 1. The predicted molar refractivity (Wildman–Crippen MR) is 76.3 cm³/mol. The molecule has 1 aromatic heterocycles. The van der Waals surface area contributed by atoms with E-state index in [1.807, 2.05) is 23.3 Å². The Bertz CT molecular complexity index is 408. The van der Waals surface area contributed by atoms with Gasteiger partial charge >= 0.3 is 0 Å². The van der Waals surface area contributed by atoms with Crippen molar-refractivity contribution in [3.05, 3.63) is 19.9 Å². The Morgan fingerprint density at radius 2 is 2.53 bits per heavy atom. The largest absolute Gasteiger partial charge is 0.373 e. The fraction of sp³-hybridized carbons (Fsp3) is 0.545. The molecule has 0 bridgehead atoms. The van der Waals surface area contributed by atoms with Crippen LogP contribution in [0.2, 0.25) is 0 Å². The summed E-state index contributed by atoms with van der Waals surface area (Å²) in [4.78, 5) is 14.0. The lowest BCUT2D eigenvalue weighted by Crippen LogP contribution is -2.51. The highest BCUT2D eigenvalue weighted by Gasteiger charge is 2.27. The number of carbonyl (C=O) groups excluding carboxylic acids is 1. The molecule has 17 heavy (non-hydrogen) atoms. The van der Waals surface area contributed by atoms with Crippen LogP contribution in [0.4, 0.5) is 0 Å². The number of morpholine rings is 1. The van der Waals surface area contributed by atoms with Crippen LogP contribution >= 0.6 is 33.9 Å². The average molecular weight is 366 g/mol. The first kappa shape index (κ1) is 13.3. The van der Waals surface area contributed by atoms with Crippen molar-refractivity contribution >= 4 is 39.8 Å². The van der Waals surface area contributed by atoms with Crippen molar-refractivity contribution in [1.29, 1.82) is 0 Å². The zero-order valence-corrected chi connectivity index (χ0v) is 12.5. The van der Waals surface area contributed by atoms with Crippen molar-refractivity contribution in [2.24, 2.45) is 5.73 Å². The van der Waals surface area contributed by atoms with E-state index in [0.29, 0.717) is 19.7 Å². The topological polar surface area (TPSA) is 55.6 Å². The monoisotopic (exact) mass is 366 g/mol. The van der Waals surface area contributed by atoms with Gasteiger partial charge in [-0.3, -0.25) is 4.79 Å². The van der Waals surface area contributed by atoms with E-state index in [0.717, 1.165) is 8.45 Å². The van der Waals surface area contributed by atoms with Gasteiger partial charge in [0.25, 0.3) is 5.91 Å². The van der Waals surface area contributed by atoms with Crippen molar-refractivity contribution in [2.45, 2.75) is 19.1 Å². The lowest BCUT2D eigenvalue weighted by Gasteiger charge is -2.34. The molecule has 0 aromatic carbocycles. The summed E-state index contributed by atoms with van der Waals surface area (Å²) >= 11 is 3.81. The summed E-state index contributed by atoms with van der Waals surface area (Å²) in [6.45, 7) is 3.71. The van der Waals surface area contributed by atoms with Crippen LogP contribution in [0.1, 0.15) is 17.3 Å². The first-order valence-electron chi connectivity index (χ1n) is 5.48. The van der Waals surface area contributed by atoms with Gasteiger partial charge in [-0.1, -0.05) is 0 Å². The molecule has 2 atom stereocenters. The van der Waals surface area contributed by atoms with E-state index in [2.05, 4.69) is 22.6 Å². The van der Waals surface area contributed by atoms with Gasteiger partial charge in [0.15, 0.2) is 0 Å². The summed E-state index contributed by atoms with van der Waals surface area (Å²) in [5.74, 6) is 0.0816. The Morgan fingerprint density at radius 3 is 3.12 bits per heavy atom. The number of rotatable bonds is 2. The summed E-state index contributed by atoms with van der Waals surface area (Å²) in [5, 5.41) is 1.90. The molecule has 4 nitrogen and oxygen atoms in total. The van der Waals surface area contributed by atoms with E-state index in [-0.39, 0.29) is 18.1 Å². The first-order chi connectivity index (χ1) is 8.08. The number of hydrogen-bond acceptors (Lipinski definition) is 4. The smallest absolute Gasteiger partial charge is 0.254 e. The third kappa shape index (κ3) is 3.18. The lowest BCUT2D eigenvalue weighted by atomic mass is 10.1. The maximum absolute atomic E-state index is 12.2. The van der Waals surface area contributed by atoms with Crippen molar-refractivity contribution in [3.63, 3.8) is 0 Å².